The van der Waals surface area contributed by atoms with E-state index in [2.05, 4.69) is 15.6 Å². The number of nitriles is 1. The van der Waals surface area contributed by atoms with Crippen LogP contribution < -0.4 is 20.4 Å². The fourth-order valence-corrected chi connectivity index (χ4v) is 4.34. The summed E-state index contributed by atoms with van der Waals surface area (Å²) in [5, 5.41) is 24.7. The molecule has 0 radical (unpaired) electrons. The lowest BCUT2D eigenvalue weighted by atomic mass is 10.0. The summed E-state index contributed by atoms with van der Waals surface area (Å²) in [6.45, 7) is 3.52. The first-order valence-electron chi connectivity index (χ1n) is 11.8. The van der Waals surface area contributed by atoms with Gasteiger partial charge in [-0.15, -0.1) is 0 Å². The molecule has 0 saturated heterocycles. The van der Waals surface area contributed by atoms with Crippen molar-refractivity contribution in [1.82, 2.24) is 10.3 Å². The van der Waals surface area contributed by atoms with Gasteiger partial charge in [-0.2, -0.15) is 5.26 Å². The Morgan fingerprint density at radius 2 is 1.86 bits per heavy atom. The van der Waals surface area contributed by atoms with Crippen molar-refractivity contribution in [3.05, 3.63) is 64.8 Å². The average molecular weight is 527 g/mol. The quantitative estimate of drug-likeness (QED) is 0.338. The minimum absolute atomic E-state index is 0.0795. The number of urea groups is 1. The first-order chi connectivity index (χ1) is 17.9. The van der Waals surface area contributed by atoms with Gasteiger partial charge in [0.05, 0.1) is 22.3 Å². The standard InChI is InChI=1S/C26H25ClF2N6O2/c1-2-34-25-20(11-17(27)15-33-25)19-5-4-16(14-30)10-23(19)35(26(34)37)24-21(28)12-18(13-22(24)29)32-8-7-31-6-3-9-36/h4-5,10-13,15,31-32,36H,2-3,6-9H2,1H3. The molecule has 0 fully saturated rings. The monoisotopic (exact) mass is 526 g/mol. The van der Waals surface area contributed by atoms with E-state index < -0.39 is 23.4 Å². The number of aromatic nitrogens is 1. The number of rotatable bonds is 9. The number of amides is 2. The van der Waals surface area contributed by atoms with Crippen molar-refractivity contribution in [2.24, 2.45) is 0 Å². The SMILES string of the molecule is CCN1C(=O)N(c2c(F)cc(NCCNCCCO)cc2F)c2cc(C#N)ccc2-c2cc(Cl)cnc21. The fraction of sp³-hybridized carbons (Fsp3) is 0.269. The van der Waals surface area contributed by atoms with Gasteiger partial charge in [-0.25, -0.2) is 18.6 Å². The molecule has 0 saturated carbocycles. The Morgan fingerprint density at radius 1 is 1.11 bits per heavy atom. The van der Waals surface area contributed by atoms with E-state index in [1.807, 2.05) is 6.07 Å². The van der Waals surface area contributed by atoms with Crippen LogP contribution >= 0.6 is 11.6 Å². The van der Waals surface area contributed by atoms with Gasteiger partial charge in [0.2, 0.25) is 0 Å². The van der Waals surface area contributed by atoms with Crippen molar-refractivity contribution in [3.63, 3.8) is 0 Å². The van der Waals surface area contributed by atoms with Gasteiger partial charge in [0.1, 0.15) is 11.5 Å². The molecule has 0 unspecified atom stereocenters. The normalized spacial score (nSPS) is 12.6. The van der Waals surface area contributed by atoms with Crippen LogP contribution in [-0.2, 0) is 0 Å². The molecule has 0 spiro atoms. The van der Waals surface area contributed by atoms with Crippen LogP contribution in [0, 0.1) is 23.0 Å². The van der Waals surface area contributed by atoms with E-state index in [4.69, 9.17) is 16.7 Å². The number of anilines is 4. The maximum absolute atomic E-state index is 15.5. The van der Waals surface area contributed by atoms with E-state index in [1.165, 1.54) is 17.2 Å². The molecule has 1 aliphatic heterocycles. The Labute approximate surface area is 218 Å². The first-order valence-corrected chi connectivity index (χ1v) is 12.1. The molecule has 8 nitrogen and oxygen atoms in total. The molecular formula is C26H25ClF2N6O2. The molecule has 192 valence electrons. The number of halogens is 3. The number of carbonyl (C=O) groups is 1. The third-order valence-corrected chi connectivity index (χ3v) is 6.08. The molecule has 0 aliphatic carbocycles. The lowest BCUT2D eigenvalue weighted by Crippen LogP contribution is -2.41. The zero-order valence-electron chi connectivity index (χ0n) is 20.1. The molecule has 3 aromatic rings. The predicted molar refractivity (Wildman–Crippen MR) is 139 cm³/mol. The number of aliphatic hydroxyl groups excluding tert-OH is 1. The number of nitrogens with zero attached hydrogens (tertiary/aromatic N) is 4. The largest absolute Gasteiger partial charge is 0.396 e. The van der Waals surface area contributed by atoms with E-state index in [1.54, 1.807) is 25.1 Å². The maximum atomic E-state index is 15.5. The zero-order chi connectivity index (χ0) is 26.5. The minimum atomic E-state index is -0.953. The molecular weight excluding hydrogens is 502 g/mol. The number of carbonyl (C=O) groups excluding carboxylic acids is 1. The summed E-state index contributed by atoms with van der Waals surface area (Å²) in [6.07, 6.45) is 2.01. The summed E-state index contributed by atoms with van der Waals surface area (Å²) in [6, 6.07) is 9.75. The van der Waals surface area contributed by atoms with Crippen LogP contribution in [0.4, 0.5) is 36.5 Å². The van der Waals surface area contributed by atoms with Crippen LogP contribution in [0.15, 0.2) is 42.6 Å². The van der Waals surface area contributed by atoms with Crippen LogP contribution in [0.2, 0.25) is 5.02 Å². The lowest BCUT2D eigenvalue weighted by molar-refractivity contribution is 0.253. The second-order valence-electron chi connectivity index (χ2n) is 8.27. The Hall–Kier alpha value is -3.78. The number of nitrogens with one attached hydrogen (secondary N) is 2. The molecule has 1 aromatic heterocycles. The number of fused-ring (bicyclic) bond motifs is 3. The van der Waals surface area contributed by atoms with Gasteiger partial charge < -0.3 is 15.7 Å². The fourth-order valence-electron chi connectivity index (χ4n) is 4.18. The summed E-state index contributed by atoms with van der Waals surface area (Å²) in [5.41, 5.74) is 0.939. The predicted octanol–water partition coefficient (Wildman–Crippen LogP) is 5.03. The second kappa shape index (κ2) is 11.5. The van der Waals surface area contributed by atoms with Crippen LogP contribution in [0.25, 0.3) is 11.1 Å². The highest BCUT2D eigenvalue weighted by Crippen LogP contribution is 2.45. The van der Waals surface area contributed by atoms with E-state index in [-0.39, 0.29) is 35.9 Å². The molecule has 1 aliphatic rings. The summed E-state index contributed by atoms with van der Waals surface area (Å²) in [4.78, 5) is 20.4. The molecule has 2 heterocycles. The van der Waals surface area contributed by atoms with Gasteiger partial charge in [0.25, 0.3) is 0 Å². The Kier molecular flexibility index (Phi) is 8.18. The molecule has 11 heteroatoms. The smallest absolute Gasteiger partial charge is 0.334 e. The number of aliphatic hydroxyl groups is 1. The van der Waals surface area contributed by atoms with Crippen LogP contribution in [0.1, 0.15) is 18.9 Å². The van der Waals surface area contributed by atoms with E-state index in [0.29, 0.717) is 42.2 Å². The molecule has 4 rings (SSSR count). The molecule has 37 heavy (non-hydrogen) atoms. The van der Waals surface area contributed by atoms with Crippen molar-refractivity contribution >= 4 is 40.5 Å². The highest BCUT2D eigenvalue weighted by Gasteiger charge is 2.36. The van der Waals surface area contributed by atoms with Crippen LogP contribution in [0.3, 0.4) is 0 Å². The van der Waals surface area contributed by atoms with Crippen molar-refractivity contribution < 1.29 is 18.7 Å². The molecule has 2 amide bonds. The van der Waals surface area contributed by atoms with Crippen molar-refractivity contribution in [2.45, 2.75) is 13.3 Å². The molecule has 0 atom stereocenters. The lowest BCUT2D eigenvalue weighted by Gasteiger charge is -2.28. The third-order valence-electron chi connectivity index (χ3n) is 5.87. The van der Waals surface area contributed by atoms with E-state index >= 15 is 8.78 Å². The van der Waals surface area contributed by atoms with Gasteiger partial charge in [-0.05, 0) is 50.2 Å². The Bertz CT molecular complexity index is 1340. The van der Waals surface area contributed by atoms with Gasteiger partial charge in [0, 0.05) is 49.3 Å². The van der Waals surface area contributed by atoms with E-state index in [9.17, 15) is 10.1 Å². The van der Waals surface area contributed by atoms with Crippen LogP contribution in [0.5, 0.6) is 0 Å². The van der Waals surface area contributed by atoms with Gasteiger partial charge in [-0.1, -0.05) is 17.7 Å². The topological polar surface area (TPSA) is 105 Å². The molecule has 2 aromatic carbocycles. The summed E-state index contributed by atoms with van der Waals surface area (Å²) < 4.78 is 31.1. The van der Waals surface area contributed by atoms with Crippen LogP contribution in [-0.4, -0.2) is 48.9 Å². The first kappa shape index (κ1) is 26.3. The third kappa shape index (κ3) is 5.34. The zero-order valence-corrected chi connectivity index (χ0v) is 20.8. The van der Waals surface area contributed by atoms with Gasteiger partial charge in [0.15, 0.2) is 11.6 Å². The maximum Gasteiger partial charge on any atom is 0.334 e. The Balaban J connectivity index is 1.79. The van der Waals surface area contributed by atoms with Gasteiger partial charge >= 0.3 is 6.03 Å². The number of pyridine rings is 1. The van der Waals surface area contributed by atoms with E-state index in [0.717, 1.165) is 17.0 Å². The highest BCUT2D eigenvalue weighted by molar-refractivity contribution is 6.31. The second-order valence-corrected chi connectivity index (χ2v) is 8.71. The minimum Gasteiger partial charge on any atom is -0.396 e. The Morgan fingerprint density at radius 3 is 2.54 bits per heavy atom. The number of hydrogen-bond acceptors (Lipinski definition) is 6. The van der Waals surface area contributed by atoms with Crippen molar-refractivity contribution in [1.29, 1.82) is 5.26 Å². The van der Waals surface area contributed by atoms with Crippen molar-refractivity contribution in [3.8, 4) is 17.2 Å². The summed E-state index contributed by atoms with van der Waals surface area (Å²) >= 11 is 6.21. The number of hydrogen-bond donors (Lipinski definition) is 3. The highest BCUT2D eigenvalue weighted by atomic mass is 35.5. The average Bonchev–Trinajstić information content (AvgIpc) is 2.97. The molecule has 0 bridgehead atoms. The molecule has 3 N–H and O–H groups in total. The van der Waals surface area contributed by atoms with Gasteiger partial charge in [-0.3, -0.25) is 9.80 Å². The van der Waals surface area contributed by atoms with Crippen molar-refractivity contribution in [2.75, 3.05) is 47.9 Å². The summed E-state index contributed by atoms with van der Waals surface area (Å²) in [5.74, 6) is -1.62. The summed E-state index contributed by atoms with van der Waals surface area (Å²) in [7, 11) is 0. The number of benzene rings is 2.